The van der Waals surface area contributed by atoms with Gasteiger partial charge in [0.1, 0.15) is 11.5 Å². The van der Waals surface area contributed by atoms with Gasteiger partial charge in [0.05, 0.1) is 18.8 Å². The fraction of sp³-hybridized carbons (Fsp3) is 0.409. The topological polar surface area (TPSA) is 44.8 Å². The highest BCUT2D eigenvalue weighted by atomic mass is 19.1. The number of ether oxygens (including phenoxy) is 3. The molecule has 0 aromatic heterocycles. The van der Waals surface area contributed by atoms with Crippen molar-refractivity contribution in [3.8, 4) is 17.2 Å². The van der Waals surface area contributed by atoms with Gasteiger partial charge >= 0.3 is 5.97 Å². The maximum absolute atomic E-state index is 14.1. The number of benzene rings is 2. The van der Waals surface area contributed by atoms with Crippen molar-refractivity contribution in [1.82, 2.24) is 0 Å². The molecule has 0 aliphatic heterocycles. The van der Waals surface area contributed by atoms with E-state index in [1.54, 1.807) is 24.3 Å². The van der Waals surface area contributed by atoms with E-state index in [9.17, 15) is 9.18 Å². The monoisotopic (exact) mass is 374 g/mol. The van der Waals surface area contributed by atoms with Gasteiger partial charge in [-0.2, -0.15) is 0 Å². The van der Waals surface area contributed by atoms with Gasteiger partial charge in [-0.05, 0) is 49.7 Å². The van der Waals surface area contributed by atoms with E-state index in [2.05, 4.69) is 6.92 Å². The summed E-state index contributed by atoms with van der Waals surface area (Å²) in [6.07, 6.45) is 5.54. The first-order valence-electron chi connectivity index (χ1n) is 9.51. The minimum absolute atomic E-state index is 0.140. The van der Waals surface area contributed by atoms with Crippen LogP contribution >= 0.6 is 0 Å². The predicted molar refractivity (Wildman–Crippen MR) is 103 cm³/mol. The van der Waals surface area contributed by atoms with Gasteiger partial charge in [-0.25, -0.2) is 9.18 Å². The van der Waals surface area contributed by atoms with Crippen molar-refractivity contribution in [2.75, 3.05) is 13.2 Å². The first kappa shape index (κ1) is 20.7. The minimum atomic E-state index is -0.554. The van der Waals surface area contributed by atoms with Gasteiger partial charge < -0.3 is 14.2 Å². The van der Waals surface area contributed by atoms with Crippen molar-refractivity contribution in [1.29, 1.82) is 0 Å². The van der Waals surface area contributed by atoms with Gasteiger partial charge in [-0.3, -0.25) is 0 Å². The van der Waals surface area contributed by atoms with E-state index in [1.165, 1.54) is 37.5 Å². The molecule has 0 amide bonds. The molecule has 2 rings (SSSR count). The molecule has 0 saturated heterocycles. The van der Waals surface area contributed by atoms with E-state index in [1.807, 2.05) is 6.92 Å². The van der Waals surface area contributed by atoms with Crippen molar-refractivity contribution in [3.05, 3.63) is 53.8 Å². The van der Waals surface area contributed by atoms with Gasteiger partial charge in [0.2, 0.25) is 0 Å². The molecule has 4 nitrogen and oxygen atoms in total. The van der Waals surface area contributed by atoms with E-state index in [4.69, 9.17) is 14.2 Å². The van der Waals surface area contributed by atoms with Gasteiger partial charge in [0.25, 0.3) is 0 Å². The van der Waals surface area contributed by atoms with Crippen LogP contribution in [0, 0.1) is 5.82 Å². The van der Waals surface area contributed by atoms with E-state index in [0.29, 0.717) is 24.5 Å². The highest BCUT2D eigenvalue weighted by Crippen LogP contribution is 2.24. The van der Waals surface area contributed by atoms with Crippen molar-refractivity contribution in [3.63, 3.8) is 0 Å². The molecule has 0 N–H and O–H groups in total. The Morgan fingerprint density at radius 2 is 1.59 bits per heavy atom. The van der Waals surface area contributed by atoms with Crippen LogP contribution in [0.3, 0.4) is 0 Å². The Morgan fingerprint density at radius 1 is 0.889 bits per heavy atom. The number of unbranched alkanes of at least 4 members (excludes halogenated alkanes) is 4. The lowest BCUT2D eigenvalue weighted by molar-refractivity contribution is 0.0734. The van der Waals surface area contributed by atoms with Crippen LogP contribution in [0.4, 0.5) is 4.39 Å². The molecule has 146 valence electrons. The average molecular weight is 374 g/mol. The molecule has 0 atom stereocenters. The minimum Gasteiger partial charge on any atom is -0.494 e. The van der Waals surface area contributed by atoms with Gasteiger partial charge in [0.15, 0.2) is 11.6 Å². The number of rotatable bonds is 11. The van der Waals surface area contributed by atoms with Crippen LogP contribution in [0.5, 0.6) is 17.2 Å². The zero-order valence-corrected chi connectivity index (χ0v) is 16.0. The second-order valence-corrected chi connectivity index (χ2v) is 6.20. The molecule has 0 spiro atoms. The summed E-state index contributed by atoms with van der Waals surface area (Å²) in [6.45, 7) is 5.08. The van der Waals surface area contributed by atoms with Crippen LogP contribution in [-0.4, -0.2) is 19.2 Å². The summed E-state index contributed by atoms with van der Waals surface area (Å²) in [5, 5.41) is 0. The fourth-order valence-corrected chi connectivity index (χ4v) is 2.57. The molecule has 0 radical (unpaired) electrons. The van der Waals surface area contributed by atoms with Crippen molar-refractivity contribution >= 4 is 5.97 Å². The number of hydrogen-bond acceptors (Lipinski definition) is 4. The lowest BCUT2D eigenvalue weighted by Crippen LogP contribution is -2.09. The Bertz CT molecular complexity index is 713. The Morgan fingerprint density at radius 3 is 2.26 bits per heavy atom. The molecule has 2 aromatic carbocycles. The lowest BCUT2D eigenvalue weighted by atomic mass is 10.2. The molecule has 0 bridgehead atoms. The number of halogens is 1. The molecule has 27 heavy (non-hydrogen) atoms. The zero-order chi connectivity index (χ0) is 19.5. The summed E-state index contributed by atoms with van der Waals surface area (Å²) in [5.74, 6) is -0.105. The molecule has 0 unspecified atom stereocenters. The predicted octanol–water partition coefficient (Wildman–Crippen LogP) is 5.79. The standard InChI is InChI=1S/C22H27FO4/c1-3-5-6-7-8-15-26-21-14-13-19(16-20(21)23)27-22(24)17-9-11-18(12-10-17)25-4-2/h9-14,16H,3-8,15H2,1-2H3. The third-order valence-electron chi connectivity index (χ3n) is 4.02. The second-order valence-electron chi connectivity index (χ2n) is 6.20. The quantitative estimate of drug-likeness (QED) is 0.284. The largest absolute Gasteiger partial charge is 0.494 e. The van der Waals surface area contributed by atoms with Crippen molar-refractivity contribution in [2.24, 2.45) is 0 Å². The van der Waals surface area contributed by atoms with E-state index in [-0.39, 0.29) is 11.5 Å². The van der Waals surface area contributed by atoms with Crippen molar-refractivity contribution < 1.29 is 23.4 Å². The summed E-state index contributed by atoms with van der Waals surface area (Å²) in [6, 6.07) is 10.8. The van der Waals surface area contributed by atoms with Gasteiger partial charge in [-0.1, -0.05) is 32.6 Å². The van der Waals surface area contributed by atoms with Crippen LogP contribution in [0.2, 0.25) is 0 Å². The SMILES string of the molecule is CCCCCCCOc1ccc(OC(=O)c2ccc(OCC)cc2)cc1F. The molecular weight excluding hydrogens is 347 g/mol. The molecular formula is C22H27FO4. The van der Waals surface area contributed by atoms with Crippen molar-refractivity contribution in [2.45, 2.75) is 46.0 Å². The van der Waals surface area contributed by atoms with Crippen LogP contribution in [0.15, 0.2) is 42.5 Å². The Labute approximate surface area is 160 Å². The van der Waals surface area contributed by atoms with E-state index < -0.39 is 11.8 Å². The average Bonchev–Trinajstić information content (AvgIpc) is 2.67. The number of hydrogen-bond donors (Lipinski definition) is 0. The summed E-state index contributed by atoms with van der Waals surface area (Å²) in [7, 11) is 0. The number of esters is 1. The van der Waals surface area contributed by atoms with E-state index >= 15 is 0 Å². The zero-order valence-electron chi connectivity index (χ0n) is 16.0. The highest BCUT2D eigenvalue weighted by Gasteiger charge is 2.11. The second kappa shape index (κ2) is 11.2. The Hall–Kier alpha value is -2.56. The molecule has 0 aliphatic carbocycles. The fourth-order valence-electron chi connectivity index (χ4n) is 2.57. The third-order valence-corrected chi connectivity index (χ3v) is 4.02. The number of carbonyl (C=O) groups excluding carboxylic acids is 1. The number of carbonyl (C=O) groups is 1. The summed E-state index contributed by atoms with van der Waals surface area (Å²) >= 11 is 0. The molecule has 0 fully saturated rings. The molecule has 0 aliphatic rings. The molecule has 2 aromatic rings. The molecule has 0 heterocycles. The lowest BCUT2D eigenvalue weighted by Gasteiger charge is -2.09. The van der Waals surface area contributed by atoms with Crippen LogP contribution in [-0.2, 0) is 0 Å². The maximum atomic E-state index is 14.1. The normalized spacial score (nSPS) is 10.5. The summed E-state index contributed by atoms with van der Waals surface area (Å²) in [4.78, 5) is 12.2. The van der Waals surface area contributed by atoms with Crippen LogP contribution in [0.1, 0.15) is 56.3 Å². The van der Waals surface area contributed by atoms with Crippen LogP contribution in [0.25, 0.3) is 0 Å². The third kappa shape index (κ3) is 6.93. The summed E-state index contributed by atoms with van der Waals surface area (Å²) in [5.41, 5.74) is 0.367. The first-order valence-corrected chi connectivity index (χ1v) is 9.51. The highest BCUT2D eigenvalue weighted by molar-refractivity contribution is 5.91. The first-order chi connectivity index (χ1) is 13.1. The molecule has 0 saturated carbocycles. The van der Waals surface area contributed by atoms with E-state index in [0.717, 1.165) is 12.8 Å². The van der Waals surface area contributed by atoms with Gasteiger partial charge in [-0.15, -0.1) is 0 Å². The smallest absolute Gasteiger partial charge is 0.343 e. The molecule has 5 heteroatoms. The van der Waals surface area contributed by atoms with Crippen LogP contribution < -0.4 is 14.2 Å². The maximum Gasteiger partial charge on any atom is 0.343 e. The Balaban J connectivity index is 1.86. The Kier molecular flexibility index (Phi) is 8.62. The van der Waals surface area contributed by atoms with Gasteiger partial charge in [0, 0.05) is 6.07 Å². The summed E-state index contributed by atoms with van der Waals surface area (Å²) < 4.78 is 30.2.